The quantitative estimate of drug-likeness (QED) is 0.205. The SMILES string of the molecule is COc1ncc(NC(=O)c2csc(-c3cccc(OCC(O)CO)n3)n2)cc1S(=O)(=O)Nc1c(C)cccc1C. The van der Waals surface area contributed by atoms with Crippen molar-refractivity contribution in [3.8, 4) is 22.5 Å². The Morgan fingerprint density at radius 3 is 2.55 bits per heavy atom. The summed E-state index contributed by atoms with van der Waals surface area (Å²) in [7, 11) is -2.82. The average Bonchev–Trinajstić information content (AvgIpc) is 3.45. The Morgan fingerprint density at radius 2 is 1.85 bits per heavy atom. The third kappa shape index (κ3) is 6.71. The molecule has 3 heterocycles. The Balaban J connectivity index is 1.53. The van der Waals surface area contributed by atoms with E-state index in [0.717, 1.165) is 11.1 Å². The molecule has 1 amide bonds. The normalized spacial score (nSPS) is 12.0. The van der Waals surface area contributed by atoms with Gasteiger partial charge in [-0.1, -0.05) is 24.3 Å². The van der Waals surface area contributed by atoms with Gasteiger partial charge < -0.3 is 25.0 Å². The number of carbonyl (C=O) groups is 1. The zero-order chi connectivity index (χ0) is 28.9. The first-order valence-corrected chi connectivity index (χ1v) is 14.3. The van der Waals surface area contributed by atoms with Crippen molar-refractivity contribution in [3.05, 3.63) is 70.9 Å². The molecule has 0 aliphatic heterocycles. The van der Waals surface area contributed by atoms with Gasteiger partial charge >= 0.3 is 0 Å². The van der Waals surface area contributed by atoms with E-state index in [2.05, 4.69) is 25.0 Å². The topological polar surface area (TPSA) is 173 Å². The molecule has 4 aromatic rings. The average molecular weight is 586 g/mol. The summed E-state index contributed by atoms with van der Waals surface area (Å²) in [6.45, 7) is 3.01. The van der Waals surface area contributed by atoms with Crippen LogP contribution >= 0.6 is 11.3 Å². The number of benzene rings is 1. The summed E-state index contributed by atoms with van der Waals surface area (Å²) in [5.41, 5.74) is 2.58. The number of thiazole rings is 1. The number of methoxy groups -OCH3 is 1. The van der Waals surface area contributed by atoms with Crippen molar-refractivity contribution >= 4 is 38.6 Å². The van der Waals surface area contributed by atoms with E-state index >= 15 is 0 Å². The fourth-order valence-electron chi connectivity index (χ4n) is 3.55. The fraction of sp³-hybridized carbons (Fsp3) is 0.231. The van der Waals surface area contributed by atoms with E-state index in [-0.39, 0.29) is 34.6 Å². The Hall–Kier alpha value is -4.11. The molecule has 14 heteroatoms. The Labute approximate surface area is 234 Å². The maximum Gasteiger partial charge on any atom is 0.275 e. The number of ether oxygens (including phenoxy) is 2. The predicted molar refractivity (Wildman–Crippen MR) is 149 cm³/mol. The molecule has 1 unspecified atom stereocenters. The molecule has 3 aromatic heterocycles. The molecule has 1 aromatic carbocycles. The molecule has 0 saturated carbocycles. The zero-order valence-electron chi connectivity index (χ0n) is 21.8. The number of aromatic nitrogens is 3. The van der Waals surface area contributed by atoms with E-state index in [9.17, 15) is 18.3 Å². The number of hydrogen-bond acceptors (Lipinski definition) is 11. The van der Waals surface area contributed by atoms with Gasteiger partial charge in [0, 0.05) is 11.4 Å². The first-order chi connectivity index (χ1) is 19.1. The molecule has 0 spiro atoms. The standard InChI is InChI=1S/C26H27N5O7S2/c1-15-6-4-7-16(2)23(15)31-40(35,36)21-10-17(11-27-25(21)37-3)28-24(34)20-14-39-26(30-20)19-8-5-9-22(29-19)38-13-18(33)12-32/h4-11,14,18,31-33H,12-13H2,1-3H3,(H,28,34). The molecule has 40 heavy (non-hydrogen) atoms. The third-order valence-electron chi connectivity index (χ3n) is 5.59. The lowest BCUT2D eigenvalue weighted by molar-refractivity contribution is 0.0521. The summed E-state index contributed by atoms with van der Waals surface area (Å²) < 4.78 is 39.7. The molecule has 0 aliphatic carbocycles. The highest BCUT2D eigenvalue weighted by molar-refractivity contribution is 7.92. The van der Waals surface area contributed by atoms with E-state index in [1.54, 1.807) is 44.2 Å². The summed E-state index contributed by atoms with van der Waals surface area (Å²) >= 11 is 1.18. The van der Waals surface area contributed by atoms with Crippen LogP contribution in [-0.4, -0.2) is 65.9 Å². The number of pyridine rings is 2. The van der Waals surface area contributed by atoms with Crippen molar-refractivity contribution in [1.29, 1.82) is 0 Å². The lowest BCUT2D eigenvalue weighted by atomic mass is 10.1. The minimum absolute atomic E-state index is 0.0812. The molecular weight excluding hydrogens is 558 g/mol. The number of nitrogens with zero attached hydrogens (tertiary/aromatic N) is 3. The highest BCUT2D eigenvalue weighted by Crippen LogP contribution is 2.30. The molecule has 1 atom stereocenters. The minimum atomic E-state index is -4.12. The van der Waals surface area contributed by atoms with Gasteiger partial charge in [0.15, 0.2) is 4.90 Å². The Morgan fingerprint density at radius 1 is 1.12 bits per heavy atom. The Bertz CT molecular complexity index is 1610. The van der Waals surface area contributed by atoms with Gasteiger partial charge in [0.25, 0.3) is 15.9 Å². The van der Waals surface area contributed by atoms with Gasteiger partial charge in [0.05, 0.1) is 31.3 Å². The molecular formula is C26H27N5O7S2. The summed E-state index contributed by atoms with van der Waals surface area (Å²) in [6.07, 6.45) is 0.247. The van der Waals surface area contributed by atoms with E-state index in [1.165, 1.54) is 36.1 Å². The summed E-state index contributed by atoms with van der Waals surface area (Å²) in [5, 5.41) is 23.0. The number of nitrogens with one attached hydrogen (secondary N) is 2. The second-order valence-electron chi connectivity index (χ2n) is 8.60. The van der Waals surface area contributed by atoms with Gasteiger partial charge in [-0.25, -0.2) is 23.4 Å². The first kappa shape index (κ1) is 28.9. The van der Waals surface area contributed by atoms with Crippen LogP contribution in [0.15, 0.2) is 58.9 Å². The van der Waals surface area contributed by atoms with Gasteiger partial charge in [0.2, 0.25) is 11.8 Å². The lowest BCUT2D eigenvalue weighted by Gasteiger charge is -2.15. The molecule has 0 aliphatic rings. The van der Waals surface area contributed by atoms with E-state index in [1.807, 2.05) is 6.07 Å². The maximum atomic E-state index is 13.3. The van der Waals surface area contributed by atoms with Gasteiger partial charge in [-0.15, -0.1) is 11.3 Å². The number of aryl methyl sites for hydroxylation is 2. The van der Waals surface area contributed by atoms with Crippen LogP contribution in [0.25, 0.3) is 10.7 Å². The zero-order valence-corrected chi connectivity index (χ0v) is 23.4. The van der Waals surface area contributed by atoms with Crippen LogP contribution < -0.4 is 19.5 Å². The van der Waals surface area contributed by atoms with Crippen molar-refractivity contribution < 1.29 is 32.9 Å². The molecule has 210 valence electrons. The predicted octanol–water partition coefficient (Wildman–Crippen LogP) is 3.01. The minimum Gasteiger partial charge on any atom is -0.480 e. The maximum absolute atomic E-state index is 13.3. The molecule has 0 radical (unpaired) electrons. The monoisotopic (exact) mass is 585 g/mol. The highest BCUT2D eigenvalue weighted by atomic mass is 32.2. The molecule has 0 saturated heterocycles. The van der Waals surface area contributed by atoms with Crippen molar-refractivity contribution in [2.45, 2.75) is 24.8 Å². The number of aliphatic hydroxyl groups excluding tert-OH is 2. The van der Waals surface area contributed by atoms with Gasteiger partial charge in [-0.05, 0) is 37.1 Å². The van der Waals surface area contributed by atoms with Crippen LogP contribution in [-0.2, 0) is 10.0 Å². The van der Waals surface area contributed by atoms with Crippen LogP contribution in [0, 0.1) is 13.8 Å². The summed E-state index contributed by atoms with van der Waals surface area (Å²) in [4.78, 5) is 25.4. The largest absolute Gasteiger partial charge is 0.480 e. The number of aliphatic hydroxyl groups is 2. The molecule has 0 bridgehead atoms. The van der Waals surface area contributed by atoms with Crippen molar-refractivity contribution in [3.63, 3.8) is 0 Å². The summed E-state index contributed by atoms with van der Waals surface area (Å²) in [5.74, 6) is -0.495. The molecule has 4 rings (SSSR count). The second-order valence-corrected chi connectivity index (χ2v) is 11.1. The lowest BCUT2D eigenvalue weighted by Crippen LogP contribution is -2.21. The number of amides is 1. The van der Waals surface area contributed by atoms with E-state index < -0.39 is 28.6 Å². The third-order valence-corrected chi connectivity index (χ3v) is 7.80. The number of anilines is 2. The highest BCUT2D eigenvalue weighted by Gasteiger charge is 2.24. The second kappa shape index (κ2) is 12.4. The van der Waals surface area contributed by atoms with Gasteiger partial charge in [0.1, 0.15) is 29.1 Å². The Kier molecular flexibility index (Phi) is 8.94. The summed E-state index contributed by atoms with van der Waals surface area (Å²) in [6, 6.07) is 11.6. The van der Waals surface area contributed by atoms with Crippen LogP contribution in [0.2, 0.25) is 0 Å². The molecule has 12 nitrogen and oxygen atoms in total. The van der Waals surface area contributed by atoms with Crippen LogP contribution in [0.4, 0.5) is 11.4 Å². The molecule has 0 fully saturated rings. The van der Waals surface area contributed by atoms with Crippen LogP contribution in [0.1, 0.15) is 21.6 Å². The van der Waals surface area contributed by atoms with E-state index in [4.69, 9.17) is 14.6 Å². The number of sulfonamides is 1. The smallest absolute Gasteiger partial charge is 0.275 e. The van der Waals surface area contributed by atoms with E-state index in [0.29, 0.717) is 16.4 Å². The van der Waals surface area contributed by atoms with Crippen molar-refractivity contribution in [2.75, 3.05) is 30.4 Å². The van der Waals surface area contributed by atoms with Crippen LogP contribution in [0.3, 0.4) is 0 Å². The number of hydrogen-bond donors (Lipinski definition) is 4. The first-order valence-electron chi connectivity index (χ1n) is 11.9. The van der Waals surface area contributed by atoms with Crippen LogP contribution in [0.5, 0.6) is 11.8 Å². The number of rotatable bonds is 11. The van der Waals surface area contributed by atoms with Gasteiger partial charge in [-0.2, -0.15) is 0 Å². The van der Waals surface area contributed by atoms with Crippen molar-refractivity contribution in [2.24, 2.45) is 0 Å². The fourth-order valence-corrected chi connectivity index (χ4v) is 5.67. The molecule has 4 N–H and O–H groups in total. The number of carbonyl (C=O) groups excluding carboxylic acids is 1. The number of para-hydroxylation sites is 1. The van der Waals surface area contributed by atoms with Gasteiger partial charge in [-0.3, -0.25) is 9.52 Å². The van der Waals surface area contributed by atoms with Crippen molar-refractivity contribution in [1.82, 2.24) is 15.0 Å².